The minimum Gasteiger partial charge on any atom is -0.508 e. The lowest BCUT2D eigenvalue weighted by molar-refractivity contribution is -0.711. The molecule has 0 spiro atoms. The SMILES string of the molecule is CC(C)c1ccc(N)cc1.CC(C)c1ccc(O)cc1.CC(C)c1ccc(OCc2ccccc2)cc1.CC(C)c1ccc(O[N+](=O)[O-])cc1.CC(C)c1cccc2ccccc12.CC(C)c1ccccc1.CCCCC(C)C.COc1ccc(C(C)C)cc1.[HH].[HH]. The van der Waals surface area contributed by atoms with E-state index >= 15 is 0 Å². The third-order valence-electron chi connectivity index (χ3n) is 14.5. The van der Waals surface area contributed by atoms with Crippen molar-refractivity contribution >= 4 is 16.5 Å². The fraction of sp³-hybridized carbons (Fsp3) is 0.366. The lowest BCUT2D eigenvalue weighted by atomic mass is 9.96. The van der Waals surface area contributed by atoms with Crippen LogP contribution in [0.5, 0.6) is 23.0 Å². The summed E-state index contributed by atoms with van der Waals surface area (Å²) in [5, 5.41) is 20.8. The van der Waals surface area contributed by atoms with Crippen molar-refractivity contribution in [2.75, 3.05) is 12.8 Å². The Hall–Kier alpha value is -8.36. The second-order valence-corrected chi connectivity index (χ2v) is 24.9. The van der Waals surface area contributed by atoms with Gasteiger partial charge in [0.25, 0.3) is 5.09 Å². The van der Waals surface area contributed by atoms with Crippen LogP contribution in [0.15, 0.2) is 224 Å². The number of phenols is 1. The van der Waals surface area contributed by atoms with E-state index in [1.54, 1.807) is 31.4 Å². The number of fused-ring (bicyclic) bond motifs is 1. The molecule has 0 saturated heterocycles. The van der Waals surface area contributed by atoms with Crippen molar-refractivity contribution in [1.82, 2.24) is 0 Å². The summed E-state index contributed by atoms with van der Waals surface area (Å²) in [7, 11) is 1.68. The van der Waals surface area contributed by atoms with Crippen LogP contribution in [-0.4, -0.2) is 17.3 Å². The van der Waals surface area contributed by atoms with Gasteiger partial charge in [0.1, 0.15) is 29.6 Å². The van der Waals surface area contributed by atoms with E-state index in [-0.39, 0.29) is 8.60 Å². The van der Waals surface area contributed by atoms with Gasteiger partial charge in [-0.05, 0) is 163 Å². The number of aromatic hydroxyl groups is 1. The Kier molecular flexibility index (Phi) is 38.1. The maximum atomic E-state index is 9.97. The van der Waals surface area contributed by atoms with Crippen molar-refractivity contribution in [3.8, 4) is 23.0 Å². The molecule has 0 unspecified atom stereocenters. The molecule has 8 heteroatoms. The molecule has 9 aromatic carbocycles. The van der Waals surface area contributed by atoms with Crippen LogP contribution in [0.1, 0.15) is 226 Å². The highest BCUT2D eigenvalue weighted by atomic mass is 17.0. The smallest absolute Gasteiger partial charge is 0.299 e. The van der Waals surface area contributed by atoms with E-state index in [4.69, 9.17) is 20.3 Å². The number of rotatable bonds is 16. The van der Waals surface area contributed by atoms with Crippen LogP contribution in [0.25, 0.3) is 10.8 Å². The molecule has 488 valence electrons. The standard InChI is InChI=1S/C16H18O.C13H14.C10H14O.C9H11NO3.C9H13N.C9H12O.C9H12.C7H16.2H2/c1-13(2)15-8-10-16(11-9-15)17-12-14-6-4-3-5-7-14;1-10(2)12-9-5-7-11-6-3-4-8-13(11)12;1-8(2)9-4-6-10(11-3)7-5-9;1-7(2)8-3-5-9(6-4-8)13-10(11)12;2*1-7(2)8-3-5-9(10)6-4-8;1-8(2)9-6-4-3-5-7-9;1-4-5-6-7(2)3;;/h3-11,13H,12H2,1-2H3;3-10H,1-2H3;4-8H,1-3H3;3-7H,1-2H3;3-7H,10H2,1-2H3;3-7,10H,1-2H3;3-8H,1-2H3;7H,4-6H2,1-3H3;2*1H. The zero-order valence-corrected chi connectivity index (χ0v) is 57.8. The van der Waals surface area contributed by atoms with E-state index in [1.165, 1.54) is 69.0 Å². The Balaban J connectivity index is 0.00000104. The van der Waals surface area contributed by atoms with Crippen LogP contribution in [0, 0.1) is 16.0 Å². The summed E-state index contributed by atoms with van der Waals surface area (Å²) in [5.41, 5.74) is 16.9. The predicted octanol–water partition coefficient (Wildman–Crippen LogP) is 24.6. The van der Waals surface area contributed by atoms with E-state index in [9.17, 15) is 10.1 Å². The maximum absolute atomic E-state index is 9.97. The quantitative estimate of drug-likeness (QED) is 0.0562. The van der Waals surface area contributed by atoms with E-state index in [1.807, 2.05) is 84.9 Å². The molecule has 9 rings (SSSR count). The summed E-state index contributed by atoms with van der Waals surface area (Å²) in [5.74, 6) is 7.34. The molecule has 0 saturated carbocycles. The van der Waals surface area contributed by atoms with Crippen molar-refractivity contribution in [3.63, 3.8) is 0 Å². The number of hydrogen-bond acceptors (Lipinski definition) is 7. The van der Waals surface area contributed by atoms with E-state index < -0.39 is 5.09 Å². The Morgan fingerprint density at radius 1 is 0.433 bits per heavy atom. The Morgan fingerprint density at radius 3 is 1.18 bits per heavy atom. The molecule has 0 aromatic heterocycles. The van der Waals surface area contributed by atoms with Gasteiger partial charge in [-0.25, -0.2) is 0 Å². The number of ether oxygens (including phenoxy) is 2. The molecule has 0 fully saturated rings. The first-order valence-corrected chi connectivity index (χ1v) is 32.3. The number of methoxy groups -OCH3 is 1. The van der Waals surface area contributed by atoms with Gasteiger partial charge >= 0.3 is 0 Å². The van der Waals surface area contributed by atoms with Crippen molar-refractivity contribution in [2.24, 2.45) is 5.92 Å². The van der Waals surface area contributed by atoms with Gasteiger partial charge in [0, 0.05) is 8.54 Å². The molecule has 8 nitrogen and oxygen atoms in total. The van der Waals surface area contributed by atoms with E-state index in [0.29, 0.717) is 53.8 Å². The summed E-state index contributed by atoms with van der Waals surface area (Å²) in [6.45, 7) is 37.8. The van der Waals surface area contributed by atoms with Crippen molar-refractivity contribution < 1.29 is 27.4 Å². The molecule has 9 aromatic rings. The average Bonchev–Trinajstić information content (AvgIpc) is 0.889. The second-order valence-electron chi connectivity index (χ2n) is 24.9. The third-order valence-corrected chi connectivity index (χ3v) is 14.5. The molecule has 0 bridgehead atoms. The van der Waals surface area contributed by atoms with Gasteiger partial charge in [0.15, 0.2) is 0 Å². The summed E-state index contributed by atoms with van der Waals surface area (Å²) >= 11 is 0. The van der Waals surface area contributed by atoms with Gasteiger partial charge in [-0.3, -0.25) is 4.84 Å². The van der Waals surface area contributed by atoms with E-state index in [0.717, 1.165) is 28.7 Å². The van der Waals surface area contributed by atoms with Crippen LogP contribution >= 0.6 is 0 Å². The third kappa shape index (κ3) is 33.3. The van der Waals surface area contributed by atoms with Gasteiger partial charge in [-0.15, -0.1) is 10.1 Å². The Bertz CT molecular complexity index is 3190. The average molecular weight is 1220 g/mol. The molecular weight excluding hydrogens is 1110 g/mol. The highest BCUT2D eigenvalue weighted by Crippen LogP contribution is 2.26. The molecule has 0 radical (unpaired) electrons. The van der Waals surface area contributed by atoms with E-state index in [2.05, 4.69) is 238 Å². The number of nitrogens with zero attached hydrogens (tertiary/aromatic N) is 1. The summed E-state index contributed by atoms with van der Waals surface area (Å²) in [4.78, 5) is 14.2. The highest BCUT2D eigenvalue weighted by Gasteiger charge is 2.05. The fourth-order valence-electron chi connectivity index (χ4n) is 8.62. The molecular formula is C82H114N2O6. The number of phenolic OH excluding ortho intramolecular Hbond substituents is 1. The topological polar surface area (TPSA) is 117 Å². The summed E-state index contributed by atoms with van der Waals surface area (Å²) in [6.07, 6.45) is 4.15. The normalized spacial score (nSPS) is 10.4. The first-order valence-electron chi connectivity index (χ1n) is 32.3. The number of unbranched alkanes of at least 4 members (excludes halogenated alkanes) is 1. The predicted molar refractivity (Wildman–Crippen MR) is 391 cm³/mol. The van der Waals surface area contributed by atoms with Crippen LogP contribution in [0.3, 0.4) is 0 Å². The van der Waals surface area contributed by atoms with Crippen molar-refractivity contribution in [3.05, 3.63) is 279 Å². The minimum atomic E-state index is -0.815. The van der Waals surface area contributed by atoms with Gasteiger partial charge < -0.3 is 20.3 Å². The largest absolute Gasteiger partial charge is 0.508 e. The van der Waals surface area contributed by atoms with Crippen LogP contribution in [0.4, 0.5) is 5.69 Å². The van der Waals surface area contributed by atoms with Crippen molar-refractivity contribution in [2.45, 2.75) is 185 Å². The molecule has 0 aliphatic rings. The molecule has 90 heavy (non-hydrogen) atoms. The lowest BCUT2D eigenvalue weighted by Crippen LogP contribution is -2.03. The molecule has 0 amide bonds. The highest BCUT2D eigenvalue weighted by molar-refractivity contribution is 5.86. The van der Waals surface area contributed by atoms with Gasteiger partial charge in [-0.2, -0.15) is 0 Å². The zero-order valence-electron chi connectivity index (χ0n) is 57.8. The van der Waals surface area contributed by atoms with Gasteiger partial charge in [0.05, 0.1) is 7.11 Å². The van der Waals surface area contributed by atoms with Crippen LogP contribution in [0.2, 0.25) is 0 Å². The maximum Gasteiger partial charge on any atom is 0.299 e. The fourth-order valence-corrected chi connectivity index (χ4v) is 8.62. The second kappa shape index (κ2) is 44.1. The zero-order chi connectivity index (χ0) is 67.0. The number of anilines is 1. The lowest BCUT2D eigenvalue weighted by Gasteiger charge is -2.08. The number of nitrogen functional groups attached to an aromatic ring is 1. The number of hydrogen-bond donors (Lipinski definition) is 2. The monoisotopic (exact) mass is 1220 g/mol. The van der Waals surface area contributed by atoms with Crippen LogP contribution in [-0.2, 0) is 6.61 Å². The van der Waals surface area contributed by atoms with Gasteiger partial charge in [0.2, 0.25) is 0 Å². The molecule has 0 aliphatic carbocycles. The number of benzene rings is 9. The number of nitrogens with two attached hydrogens (primary N) is 1. The van der Waals surface area contributed by atoms with Gasteiger partial charge in [-0.1, -0.05) is 301 Å². The first kappa shape index (κ1) is 77.7. The molecule has 0 heterocycles. The molecule has 3 N–H and O–H groups in total. The first-order chi connectivity index (χ1) is 42.8. The van der Waals surface area contributed by atoms with Crippen molar-refractivity contribution in [1.29, 1.82) is 0 Å². The summed E-state index contributed by atoms with van der Waals surface area (Å²) < 4.78 is 10.8. The van der Waals surface area contributed by atoms with Crippen LogP contribution < -0.4 is 20.0 Å². The Labute approximate surface area is 547 Å². The minimum absolute atomic E-state index is 0. The molecule has 0 atom stereocenters. The Morgan fingerprint density at radius 2 is 0.800 bits per heavy atom. The summed E-state index contributed by atoms with van der Waals surface area (Å²) in [6, 6.07) is 74.5. The molecule has 0 aliphatic heterocycles.